The van der Waals surface area contributed by atoms with E-state index in [-0.39, 0.29) is 18.1 Å². The summed E-state index contributed by atoms with van der Waals surface area (Å²) >= 11 is 5.88. The van der Waals surface area contributed by atoms with Crippen LogP contribution in [0.3, 0.4) is 0 Å². The van der Waals surface area contributed by atoms with Crippen LogP contribution in [0.25, 0.3) is 5.69 Å². The number of morpholine rings is 1. The highest BCUT2D eigenvalue weighted by molar-refractivity contribution is 7.80. The van der Waals surface area contributed by atoms with Gasteiger partial charge in [0, 0.05) is 49.5 Å². The van der Waals surface area contributed by atoms with Crippen LogP contribution in [0.15, 0.2) is 54.7 Å². The van der Waals surface area contributed by atoms with E-state index < -0.39 is 0 Å². The maximum absolute atomic E-state index is 12.2. The zero-order valence-corrected chi connectivity index (χ0v) is 22.3. The second kappa shape index (κ2) is 11.0. The van der Waals surface area contributed by atoms with E-state index in [9.17, 15) is 4.79 Å². The van der Waals surface area contributed by atoms with Gasteiger partial charge in [0.1, 0.15) is 0 Å². The lowest BCUT2D eigenvalue weighted by atomic mass is 9.96. The van der Waals surface area contributed by atoms with E-state index >= 15 is 0 Å². The summed E-state index contributed by atoms with van der Waals surface area (Å²) in [7, 11) is 1.40. The van der Waals surface area contributed by atoms with Crippen molar-refractivity contribution in [2.45, 2.75) is 25.9 Å². The number of nitrogens with zero attached hydrogens (tertiary/aromatic N) is 4. The van der Waals surface area contributed by atoms with Crippen molar-refractivity contribution in [1.82, 2.24) is 24.7 Å². The fourth-order valence-electron chi connectivity index (χ4n) is 5.43. The third kappa shape index (κ3) is 5.12. The van der Waals surface area contributed by atoms with Gasteiger partial charge in [-0.3, -0.25) is 9.88 Å². The van der Waals surface area contributed by atoms with Gasteiger partial charge in [0.25, 0.3) is 0 Å². The molecule has 4 heterocycles. The largest absolute Gasteiger partial charge is 0.465 e. The first-order chi connectivity index (χ1) is 18.0. The molecule has 2 atom stereocenters. The van der Waals surface area contributed by atoms with Crippen LogP contribution in [0.2, 0.25) is 0 Å². The number of aromatic nitrogens is 2. The molecule has 1 aromatic carbocycles. The summed E-state index contributed by atoms with van der Waals surface area (Å²) in [6.45, 7) is 9.36. The predicted octanol–water partition coefficient (Wildman–Crippen LogP) is 3.58. The standard InChI is InChI=1S/C28H33N5O3S/c1-19-17-23(20(2)33(19)22-8-6-7-21(18-22)27(34)35-3)26-25(24-9-4-5-10-29-24)30-28(37)32(26)12-11-31-13-15-36-16-14-31/h4-10,17-18,25-26H,11-16H2,1-3H3,(H,30,37)/t25-,26-/m0/s1. The van der Waals surface area contributed by atoms with E-state index in [0.717, 1.165) is 67.3 Å². The van der Waals surface area contributed by atoms with Crippen molar-refractivity contribution in [2.75, 3.05) is 46.5 Å². The zero-order chi connectivity index (χ0) is 25.9. The minimum atomic E-state index is -0.348. The third-order valence-corrected chi connectivity index (χ3v) is 7.63. The van der Waals surface area contributed by atoms with Crippen LogP contribution in [0.4, 0.5) is 0 Å². The Morgan fingerprint density at radius 2 is 1.95 bits per heavy atom. The molecule has 2 aliphatic rings. The molecule has 0 saturated carbocycles. The van der Waals surface area contributed by atoms with Gasteiger partial charge < -0.3 is 24.3 Å². The monoisotopic (exact) mass is 519 g/mol. The van der Waals surface area contributed by atoms with Crippen LogP contribution >= 0.6 is 12.2 Å². The number of hydrogen-bond acceptors (Lipinski definition) is 6. The van der Waals surface area contributed by atoms with Crippen molar-refractivity contribution in [1.29, 1.82) is 0 Å². The molecule has 0 aliphatic carbocycles. The van der Waals surface area contributed by atoms with E-state index in [2.05, 4.69) is 50.6 Å². The summed E-state index contributed by atoms with van der Waals surface area (Å²) in [4.78, 5) is 21.6. The third-order valence-electron chi connectivity index (χ3n) is 7.27. The number of carbonyl (C=O) groups is 1. The van der Waals surface area contributed by atoms with Crippen molar-refractivity contribution in [2.24, 2.45) is 0 Å². The Morgan fingerprint density at radius 1 is 1.14 bits per heavy atom. The van der Waals surface area contributed by atoms with Gasteiger partial charge in [0.05, 0.1) is 43.7 Å². The Balaban J connectivity index is 1.53. The van der Waals surface area contributed by atoms with Crippen LogP contribution in [0.1, 0.15) is 45.1 Å². The number of benzene rings is 1. The van der Waals surface area contributed by atoms with Gasteiger partial charge in [-0.05, 0) is 68.0 Å². The minimum Gasteiger partial charge on any atom is -0.465 e. The zero-order valence-electron chi connectivity index (χ0n) is 21.5. The molecule has 2 aromatic heterocycles. The molecule has 0 radical (unpaired) electrons. The molecular weight excluding hydrogens is 486 g/mol. The van der Waals surface area contributed by atoms with Crippen LogP contribution in [-0.4, -0.2) is 76.9 Å². The molecule has 8 nitrogen and oxygen atoms in total. The summed E-state index contributed by atoms with van der Waals surface area (Å²) in [5.41, 5.74) is 5.78. The number of thiocarbonyl (C=S) groups is 1. The highest BCUT2D eigenvalue weighted by Crippen LogP contribution is 2.41. The minimum absolute atomic E-state index is 0.0211. The lowest BCUT2D eigenvalue weighted by molar-refractivity contribution is 0.0350. The summed E-state index contributed by atoms with van der Waals surface area (Å²) in [5, 5.41) is 4.31. The number of esters is 1. The molecule has 0 spiro atoms. The lowest BCUT2D eigenvalue weighted by Crippen LogP contribution is -2.42. The average Bonchev–Trinajstić information content (AvgIpc) is 3.42. The average molecular weight is 520 g/mol. The Labute approximate surface area is 223 Å². The fraction of sp³-hybridized carbons (Fsp3) is 0.393. The molecule has 2 aliphatic heterocycles. The van der Waals surface area contributed by atoms with Crippen molar-refractivity contribution in [3.63, 3.8) is 0 Å². The number of methoxy groups -OCH3 is 1. The first-order valence-corrected chi connectivity index (χ1v) is 13.0. The van der Waals surface area contributed by atoms with Gasteiger partial charge in [-0.15, -0.1) is 0 Å². The lowest BCUT2D eigenvalue weighted by Gasteiger charge is -2.32. The molecule has 0 amide bonds. The molecule has 1 N–H and O–H groups in total. The summed E-state index contributed by atoms with van der Waals surface area (Å²) in [6.07, 6.45) is 1.83. The van der Waals surface area contributed by atoms with Gasteiger partial charge >= 0.3 is 5.97 Å². The number of aryl methyl sites for hydroxylation is 1. The number of ether oxygens (including phenoxy) is 2. The number of carbonyl (C=O) groups excluding carboxylic acids is 1. The van der Waals surface area contributed by atoms with Gasteiger partial charge in [-0.25, -0.2) is 4.79 Å². The SMILES string of the molecule is COC(=O)c1cccc(-n2c(C)cc([C@H]3[C@H](c4ccccn4)NC(=S)N3CCN3CCOCC3)c2C)c1. The van der Waals surface area contributed by atoms with Gasteiger partial charge in [-0.1, -0.05) is 12.1 Å². The molecule has 0 unspecified atom stereocenters. The summed E-state index contributed by atoms with van der Waals surface area (Å²) in [5.74, 6) is -0.348. The van der Waals surface area contributed by atoms with Crippen LogP contribution in [-0.2, 0) is 9.47 Å². The number of pyridine rings is 1. The molecule has 9 heteroatoms. The number of hydrogen-bond donors (Lipinski definition) is 1. The van der Waals surface area contributed by atoms with E-state index in [1.165, 1.54) is 12.7 Å². The van der Waals surface area contributed by atoms with Gasteiger partial charge in [-0.2, -0.15) is 0 Å². The van der Waals surface area contributed by atoms with Crippen molar-refractivity contribution < 1.29 is 14.3 Å². The Kier molecular flexibility index (Phi) is 7.55. The number of rotatable bonds is 7. The Bertz CT molecular complexity index is 1270. The second-order valence-electron chi connectivity index (χ2n) is 9.48. The van der Waals surface area contributed by atoms with E-state index in [4.69, 9.17) is 21.7 Å². The van der Waals surface area contributed by atoms with Crippen molar-refractivity contribution >= 4 is 23.3 Å². The molecule has 5 rings (SSSR count). The van der Waals surface area contributed by atoms with Crippen molar-refractivity contribution in [3.05, 3.63) is 82.9 Å². The van der Waals surface area contributed by atoms with E-state index in [1.54, 1.807) is 6.07 Å². The van der Waals surface area contributed by atoms with E-state index in [1.807, 2.05) is 36.5 Å². The van der Waals surface area contributed by atoms with E-state index in [0.29, 0.717) is 5.56 Å². The summed E-state index contributed by atoms with van der Waals surface area (Å²) in [6, 6.07) is 15.7. The topological polar surface area (TPSA) is 71.9 Å². The van der Waals surface area contributed by atoms with Crippen LogP contribution in [0, 0.1) is 13.8 Å². The molecule has 37 heavy (non-hydrogen) atoms. The smallest absolute Gasteiger partial charge is 0.337 e. The molecule has 0 bridgehead atoms. The van der Waals surface area contributed by atoms with Crippen LogP contribution < -0.4 is 5.32 Å². The predicted molar refractivity (Wildman–Crippen MR) is 146 cm³/mol. The summed E-state index contributed by atoms with van der Waals surface area (Å²) < 4.78 is 12.7. The molecule has 2 saturated heterocycles. The van der Waals surface area contributed by atoms with Crippen molar-refractivity contribution in [3.8, 4) is 5.69 Å². The highest BCUT2D eigenvalue weighted by atomic mass is 32.1. The first kappa shape index (κ1) is 25.4. The molecule has 194 valence electrons. The first-order valence-electron chi connectivity index (χ1n) is 12.6. The van der Waals surface area contributed by atoms with Gasteiger partial charge in [0.2, 0.25) is 0 Å². The maximum Gasteiger partial charge on any atom is 0.337 e. The maximum atomic E-state index is 12.2. The van der Waals surface area contributed by atoms with Crippen LogP contribution in [0.5, 0.6) is 0 Å². The number of nitrogens with one attached hydrogen (secondary N) is 1. The quantitative estimate of drug-likeness (QED) is 0.375. The normalized spacial score (nSPS) is 20.2. The molecular formula is C28H33N5O3S. The fourth-order valence-corrected chi connectivity index (χ4v) is 5.76. The Morgan fingerprint density at radius 3 is 2.68 bits per heavy atom. The van der Waals surface area contributed by atoms with Gasteiger partial charge in [0.15, 0.2) is 5.11 Å². The Hall–Kier alpha value is -3.27. The highest BCUT2D eigenvalue weighted by Gasteiger charge is 2.41. The molecule has 3 aromatic rings. The second-order valence-corrected chi connectivity index (χ2v) is 9.86. The molecule has 2 fully saturated rings.